The maximum absolute atomic E-state index is 11.3. The highest BCUT2D eigenvalue weighted by Gasteiger charge is 2.26. The molecule has 0 aliphatic heterocycles. The minimum Gasteiger partial charge on any atom is -0.446 e. The van der Waals surface area contributed by atoms with Crippen molar-refractivity contribution in [2.75, 3.05) is 0 Å². The Balaban J connectivity index is 2.27. The van der Waals surface area contributed by atoms with E-state index in [4.69, 9.17) is 15.2 Å². The fraction of sp³-hybridized carbons (Fsp3) is 0.818. The lowest BCUT2D eigenvalue weighted by atomic mass is 10.2. The van der Waals surface area contributed by atoms with E-state index in [1.165, 1.54) is 0 Å². The van der Waals surface area contributed by atoms with Gasteiger partial charge in [-0.05, 0) is 40.0 Å². The molecule has 1 fully saturated rings. The molecule has 1 saturated carbocycles. The van der Waals surface area contributed by atoms with Crippen LogP contribution in [0, 0.1) is 0 Å². The molecule has 6 nitrogen and oxygen atoms in total. The number of hydrogen-bond acceptors (Lipinski definition) is 5. The van der Waals surface area contributed by atoms with Gasteiger partial charge in [-0.2, -0.15) is 0 Å². The molecule has 1 rings (SSSR count). The second-order valence-corrected chi connectivity index (χ2v) is 5.23. The second kappa shape index (κ2) is 5.35. The van der Waals surface area contributed by atoms with E-state index >= 15 is 0 Å². The summed E-state index contributed by atoms with van der Waals surface area (Å²) < 4.78 is 9.95. The van der Waals surface area contributed by atoms with Crippen LogP contribution in [-0.2, 0) is 9.47 Å². The summed E-state index contributed by atoms with van der Waals surface area (Å²) in [7, 11) is 0. The van der Waals surface area contributed by atoms with Crippen LogP contribution in [0.3, 0.4) is 0 Å². The largest absolute Gasteiger partial charge is 0.446 e. The van der Waals surface area contributed by atoms with Gasteiger partial charge < -0.3 is 15.2 Å². The quantitative estimate of drug-likeness (QED) is 0.730. The van der Waals surface area contributed by atoms with Crippen LogP contribution in [0.15, 0.2) is 0 Å². The number of amides is 2. The molecule has 0 bridgehead atoms. The lowest BCUT2D eigenvalue weighted by Crippen LogP contribution is -2.38. The first-order valence-corrected chi connectivity index (χ1v) is 5.72. The molecular weight excluding hydrogens is 224 g/mol. The lowest BCUT2D eigenvalue weighted by molar-refractivity contribution is 0.0476. The third-order valence-corrected chi connectivity index (χ3v) is 2.30. The summed E-state index contributed by atoms with van der Waals surface area (Å²) in [5.41, 5.74) is 5.04. The van der Waals surface area contributed by atoms with Crippen molar-refractivity contribution < 1.29 is 19.1 Å². The van der Waals surface area contributed by atoms with Crippen LogP contribution in [0.1, 0.15) is 40.0 Å². The Bertz CT molecular complexity index is 298. The first-order chi connectivity index (χ1) is 7.76. The first-order valence-electron chi connectivity index (χ1n) is 5.72. The Labute approximate surface area is 101 Å². The third kappa shape index (κ3) is 5.53. The maximum Gasteiger partial charge on any atom is 0.417 e. The van der Waals surface area contributed by atoms with Crippen LogP contribution in [0.5, 0.6) is 0 Å². The molecule has 2 amide bonds. The molecular formula is C11H20N2O4. The van der Waals surface area contributed by atoms with Crippen molar-refractivity contribution in [1.82, 2.24) is 5.32 Å². The van der Waals surface area contributed by atoms with Gasteiger partial charge in [0, 0.05) is 6.04 Å². The Morgan fingerprint density at radius 3 is 2.35 bits per heavy atom. The van der Waals surface area contributed by atoms with Crippen molar-refractivity contribution in [3.05, 3.63) is 0 Å². The van der Waals surface area contributed by atoms with Crippen LogP contribution in [0.4, 0.5) is 9.59 Å². The Morgan fingerprint density at radius 2 is 1.88 bits per heavy atom. The summed E-state index contributed by atoms with van der Waals surface area (Å²) in [4.78, 5) is 22.6. The van der Waals surface area contributed by atoms with E-state index in [1.807, 2.05) is 5.32 Å². The Hall–Kier alpha value is -1.30. The van der Waals surface area contributed by atoms with Crippen LogP contribution in [0.25, 0.3) is 0 Å². The van der Waals surface area contributed by atoms with Crippen molar-refractivity contribution >= 4 is 12.2 Å². The minimum atomic E-state index is -0.801. The number of nitrogens with one attached hydrogen (secondary N) is 1. The molecule has 0 spiro atoms. The molecule has 98 valence electrons. The van der Waals surface area contributed by atoms with Gasteiger partial charge in [0.2, 0.25) is 0 Å². The number of hydrogen-bond donors (Lipinski definition) is 2. The average molecular weight is 244 g/mol. The van der Waals surface area contributed by atoms with Gasteiger partial charge >= 0.3 is 12.2 Å². The van der Waals surface area contributed by atoms with E-state index in [0.29, 0.717) is 6.42 Å². The number of alkyl carbamates (subject to hydrolysis) is 2. The van der Waals surface area contributed by atoms with Gasteiger partial charge in [-0.15, -0.1) is 0 Å². The highest BCUT2D eigenvalue weighted by molar-refractivity contribution is 5.87. The molecule has 0 unspecified atom stereocenters. The highest BCUT2D eigenvalue weighted by Crippen LogP contribution is 2.20. The number of imide groups is 1. The summed E-state index contributed by atoms with van der Waals surface area (Å²) >= 11 is 0. The Morgan fingerprint density at radius 1 is 1.24 bits per heavy atom. The number of carbonyl (C=O) groups excluding carboxylic acids is 2. The van der Waals surface area contributed by atoms with Crippen molar-refractivity contribution in [3.8, 4) is 0 Å². The topological polar surface area (TPSA) is 90.6 Å². The summed E-state index contributed by atoms with van der Waals surface area (Å²) in [5.74, 6) is 0. The predicted molar refractivity (Wildman–Crippen MR) is 61.5 cm³/mol. The zero-order valence-corrected chi connectivity index (χ0v) is 10.5. The van der Waals surface area contributed by atoms with Gasteiger partial charge in [0.05, 0.1) is 0 Å². The number of nitrogens with two attached hydrogens (primary N) is 1. The molecule has 2 atom stereocenters. The van der Waals surface area contributed by atoms with E-state index in [-0.39, 0.29) is 12.1 Å². The summed E-state index contributed by atoms with van der Waals surface area (Å²) in [5, 5.41) is 2.02. The molecule has 0 aromatic heterocycles. The maximum atomic E-state index is 11.3. The number of ether oxygens (including phenoxy) is 2. The zero-order chi connectivity index (χ0) is 13.1. The van der Waals surface area contributed by atoms with Crippen molar-refractivity contribution in [2.45, 2.75) is 57.8 Å². The van der Waals surface area contributed by atoms with Gasteiger partial charge in [-0.3, -0.25) is 0 Å². The van der Waals surface area contributed by atoms with Gasteiger partial charge in [0.15, 0.2) is 0 Å². The number of rotatable bonds is 1. The summed E-state index contributed by atoms with van der Waals surface area (Å²) in [6.07, 6.45) is 0.435. The minimum absolute atomic E-state index is 0.0781. The number of carbonyl (C=O) groups is 2. The van der Waals surface area contributed by atoms with Crippen molar-refractivity contribution in [1.29, 1.82) is 0 Å². The zero-order valence-electron chi connectivity index (χ0n) is 10.5. The molecule has 17 heavy (non-hydrogen) atoms. The summed E-state index contributed by atoms with van der Waals surface area (Å²) in [6, 6.07) is 0.0781. The van der Waals surface area contributed by atoms with Crippen molar-refractivity contribution in [3.63, 3.8) is 0 Å². The third-order valence-electron chi connectivity index (χ3n) is 2.30. The molecule has 0 radical (unpaired) electrons. The monoisotopic (exact) mass is 244 g/mol. The van der Waals surface area contributed by atoms with E-state index in [0.717, 1.165) is 12.8 Å². The van der Waals surface area contributed by atoms with E-state index in [1.54, 1.807) is 20.8 Å². The molecule has 0 aromatic rings. The standard InChI is InChI=1S/C11H20N2O4/c1-11(2,3)17-10(15)13-9(14)16-8-5-4-7(12)6-8/h7-8H,4-6,12H2,1-3H3,(H,13,14,15)/t7-,8-/m0/s1. The smallest absolute Gasteiger partial charge is 0.417 e. The molecule has 1 aliphatic carbocycles. The molecule has 0 saturated heterocycles. The van der Waals surface area contributed by atoms with E-state index in [9.17, 15) is 9.59 Å². The molecule has 6 heteroatoms. The fourth-order valence-corrected chi connectivity index (χ4v) is 1.65. The van der Waals surface area contributed by atoms with Crippen LogP contribution in [0.2, 0.25) is 0 Å². The SMILES string of the molecule is CC(C)(C)OC(=O)NC(=O)O[C@H]1CC[C@H](N)C1. The molecule has 0 heterocycles. The molecule has 3 N–H and O–H groups in total. The highest BCUT2D eigenvalue weighted by atomic mass is 16.6. The van der Waals surface area contributed by atoms with Crippen molar-refractivity contribution in [2.24, 2.45) is 5.73 Å². The van der Waals surface area contributed by atoms with Gasteiger partial charge in [0.1, 0.15) is 11.7 Å². The Kier molecular flexibility index (Phi) is 4.34. The van der Waals surface area contributed by atoms with Gasteiger partial charge in [-0.1, -0.05) is 0 Å². The normalized spacial score (nSPS) is 24.2. The van der Waals surface area contributed by atoms with Crippen LogP contribution >= 0.6 is 0 Å². The molecule has 0 aromatic carbocycles. The van der Waals surface area contributed by atoms with E-state index < -0.39 is 17.8 Å². The van der Waals surface area contributed by atoms with Gasteiger partial charge in [0.25, 0.3) is 0 Å². The second-order valence-electron chi connectivity index (χ2n) is 5.23. The lowest BCUT2D eigenvalue weighted by Gasteiger charge is -2.19. The first kappa shape index (κ1) is 13.8. The predicted octanol–water partition coefficient (Wildman–Crippen LogP) is 1.53. The van der Waals surface area contributed by atoms with E-state index in [2.05, 4.69) is 0 Å². The summed E-state index contributed by atoms with van der Waals surface area (Å²) in [6.45, 7) is 5.15. The van der Waals surface area contributed by atoms with Crippen LogP contribution in [-0.4, -0.2) is 29.9 Å². The molecule has 1 aliphatic rings. The van der Waals surface area contributed by atoms with Gasteiger partial charge in [-0.25, -0.2) is 14.9 Å². The van der Waals surface area contributed by atoms with Crippen LogP contribution < -0.4 is 11.1 Å². The average Bonchev–Trinajstić information content (AvgIpc) is 2.46. The fourth-order valence-electron chi connectivity index (χ4n) is 1.65.